The van der Waals surface area contributed by atoms with Crippen LogP contribution >= 0.6 is 0 Å². The van der Waals surface area contributed by atoms with Gasteiger partial charge in [-0.2, -0.15) is 0 Å². The van der Waals surface area contributed by atoms with Gasteiger partial charge in [0.1, 0.15) is 0 Å². The fraction of sp³-hybridized carbons (Fsp3) is 0.500. The van der Waals surface area contributed by atoms with Gasteiger partial charge < -0.3 is 9.80 Å². The van der Waals surface area contributed by atoms with Gasteiger partial charge in [0.15, 0.2) is 0 Å². The predicted octanol–water partition coefficient (Wildman–Crippen LogP) is 2.82. The van der Waals surface area contributed by atoms with E-state index in [9.17, 15) is 4.79 Å². The molecular formula is C14H22N2O. The fourth-order valence-electron chi connectivity index (χ4n) is 2.02. The number of carbonyl (C=O) groups excluding carboxylic acids is 1. The van der Waals surface area contributed by atoms with E-state index in [1.807, 2.05) is 49.8 Å². The van der Waals surface area contributed by atoms with Crippen LogP contribution in [0.15, 0.2) is 18.2 Å². The standard InChI is InChI=1S/C12H16N2O.C2H6/c1-4-14-10-6-5-9(2)7-11(10)13(3)8-12(14)15;1-2/h5-7H,4,8H2,1-3H3;1-2H3. The van der Waals surface area contributed by atoms with Crippen LogP contribution < -0.4 is 9.80 Å². The molecule has 0 fully saturated rings. The molecule has 3 nitrogen and oxygen atoms in total. The van der Waals surface area contributed by atoms with Gasteiger partial charge in [-0.3, -0.25) is 4.79 Å². The number of fused-ring (bicyclic) bond motifs is 1. The Morgan fingerprint density at radius 2 is 1.88 bits per heavy atom. The molecule has 1 amide bonds. The Labute approximate surface area is 104 Å². The van der Waals surface area contributed by atoms with E-state index in [0.717, 1.165) is 17.9 Å². The zero-order chi connectivity index (χ0) is 13.0. The molecule has 0 radical (unpaired) electrons. The van der Waals surface area contributed by atoms with E-state index in [1.165, 1.54) is 5.56 Å². The van der Waals surface area contributed by atoms with E-state index in [-0.39, 0.29) is 5.91 Å². The normalized spacial score (nSPS) is 14.1. The van der Waals surface area contributed by atoms with Crippen LogP contribution in [0.1, 0.15) is 26.3 Å². The Kier molecular flexibility index (Phi) is 4.55. The van der Waals surface area contributed by atoms with Gasteiger partial charge in [-0.05, 0) is 31.5 Å². The molecule has 0 aliphatic carbocycles. The number of benzene rings is 1. The highest BCUT2D eigenvalue weighted by Gasteiger charge is 2.25. The molecule has 1 aliphatic heterocycles. The summed E-state index contributed by atoms with van der Waals surface area (Å²) in [5, 5.41) is 0. The van der Waals surface area contributed by atoms with E-state index in [1.54, 1.807) is 0 Å². The van der Waals surface area contributed by atoms with E-state index < -0.39 is 0 Å². The smallest absolute Gasteiger partial charge is 0.246 e. The molecule has 1 aliphatic rings. The predicted molar refractivity (Wildman–Crippen MR) is 73.8 cm³/mol. The summed E-state index contributed by atoms with van der Waals surface area (Å²) in [5.74, 6) is 0.177. The Hall–Kier alpha value is -1.51. The van der Waals surface area contributed by atoms with Gasteiger partial charge in [0.2, 0.25) is 5.91 Å². The fourth-order valence-corrected chi connectivity index (χ4v) is 2.02. The first-order valence-electron chi connectivity index (χ1n) is 6.25. The van der Waals surface area contributed by atoms with E-state index in [0.29, 0.717) is 6.54 Å². The summed E-state index contributed by atoms with van der Waals surface area (Å²) < 4.78 is 0. The van der Waals surface area contributed by atoms with Crippen LogP contribution in [0.5, 0.6) is 0 Å². The molecule has 0 N–H and O–H groups in total. The number of aryl methyl sites for hydroxylation is 1. The Bertz CT molecular complexity index is 401. The van der Waals surface area contributed by atoms with Gasteiger partial charge in [0.25, 0.3) is 0 Å². The number of rotatable bonds is 1. The zero-order valence-corrected chi connectivity index (χ0v) is 11.4. The number of hydrogen-bond donors (Lipinski definition) is 0. The molecule has 0 unspecified atom stereocenters. The highest BCUT2D eigenvalue weighted by Crippen LogP contribution is 2.33. The topological polar surface area (TPSA) is 23.6 Å². The summed E-state index contributed by atoms with van der Waals surface area (Å²) in [4.78, 5) is 15.6. The molecule has 2 rings (SSSR count). The van der Waals surface area contributed by atoms with Crippen LogP contribution in [0.3, 0.4) is 0 Å². The number of carbonyl (C=O) groups is 1. The van der Waals surface area contributed by atoms with E-state index in [4.69, 9.17) is 0 Å². The van der Waals surface area contributed by atoms with Crippen LogP contribution in [-0.2, 0) is 4.79 Å². The van der Waals surface area contributed by atoms with Crippen molar-refractivity contribution in [2.75, 3.05) is 29.9 Å². The van der Waals surface area contributed by atoms with Crippen molar-refractivity contribution in [2.45, 2.75) is 27.7 Å². The molecule has 0 saturated carbocycles. The van der Waals surface area contributed by atoms with Gasteiger partial charge in [0, 0.05) is 13.6 Å². The molecule has 17 heavy (non-hydrogen) atoms. The number of amides is 1. The second-order valence-electron chi connectivity index (χ2n) is 3.99. The van der Waals surface area contributed by atoms with Crippen LogP contribution in [0.25, 0.3) is 0 Å². The van der Waals surface area contributed by atoms with Gasteiger partial charge >= 0.3 is 0 Å². The quantitative estimate of drug-likeness (QED) is 0.746. The largest absolute Gasteiger partial charge is 0.364 e. The monoisotopic (exact) mass is 234 g/mol. The lowest BCUT2D eigenvalue weighted by molar-refractivity contribution is -0.117. The lowest BCUT2D eigenvalue weighted by Crippen LogP contribution is -2.44. The molecular weight excluding hydrogens is 212 g/mol. The summed E-state index contributed by atoms with van der Waals surface area (Å²) in [6.07, 6.45) is 0. The Morgan fingerprint density at radius 1 is 1.24 bits per heavy atom. The molecule has 1 aromatic carbocycles. The summed E-state index contributed by atoms with van der Waals surface area (Å²) in [5.41, 5.74) is 3.41. The minimum atomic E-state index is 0.177. The zero-order valence-electron chi connectivity index (χ0n) is 11.4. The molecule has 0 spiro atoms. The molecule has 3 heteroatoms. The number of anilines is 2. The highest BCUT2D eigenvalue weighted by molar-refractivity contribution is 6.03. The summed E-state index contributed by atoms with van der Waals surface area (Å²) in [7, 11) is 1.96. The van der Waals surface area contributed by atoms with Gasteiger partial charge in [0.05, 0.1) is 17.9 Å². The molecule has 0 bridgehead atoms. The Balaban J connectivity index is 0.000000686. The van der Waals surface area contributed by atoms with Gasteiger partial charge in [-0.1, -0.05) is 19.9 Å². The third-order valence-corrected chi connectivity index (χ3v) is 2.82. The maximum absolute atomic E-state index is 11.8. The van der Waals surface area contributed by atoms with Gasteiger partial charge in [-0.25, -0.2) is 0 Å². The highest BCUT2D eigenvalue weighted by atomic mass is 16.2. The molecule has 1 heterocycles. The van der Waals surface area contributed by atoms with Crippen molar-refractivity contribution in [3.05, 3.63) is 23.8 Å². The number of likely N-dealkylation sites (N-methyl/N-ethyl adjacent to an activating group) is 2. The van der Waals surface area contributed by atoms with Crippen molar-refractivity contribution in [3.63, 3.8) is 0 Å². The minimum absolute atomic E-state index is 0.177. The molecule has 1 aromatic rings. The third-order valence-electron chi connectivity index (χ3n) is 2.82. The van der Waals surface area contributed by atoms with Gasteiger partial charge in [-0.15, -0.1) is 0 Å². The molecule has 94 valence electrons. The first kappa shape index (κ1) is 13.6. The first-order valence-corrected chi connectivity index (χ1v) is 6.25. The molecule has 0 atom stereocenters. The van der Waals surface area contributed by atoms with E-state index >= 15 is 0 Å². The first-order chi connectivity index (χ1) is 8.13. The van der Waals surface area contributed by atoms with Crippen molar-refractivity contribution < 1.29 is 4.79 Å². The second kappa shape index (κ2) is 5.71. The van der Waals surface area contributed by atoms with Crippen molar-refractivity contribution in [3.8, 4) is 0 Å². The van der Waals surface area contributed by atoms with Crippen LogP contribution in [-0.4, -0.2) is 26.0 Å². The second-order valence-corrected chi connectivity index (χ2v) is 3.99. The third kappa shape index (κ3) is 2.60. The summed E-state index contributed by atoms with van der Waals surface area (Å²) >= 11 is 0. The van der Waals surface area contributed by atoms with Crippen LogP contribution in [0.2, 0.25) is 0 Å². The average molecular weight is 234 g/mol. The van der Waals surface area contributed by atoms with Crippen molar-refractivity contribution in [1.82, 2.24) is 0 Å². The minimum Gasteiger partial charge on any atom is -0.364 e. The number of hydrogen-bond acceptors (Lipinski definition) is 2. The molecule has 0 aromatic heterocycles. The molecule has 0 saturated heterocycles. The lowest BCUT2D eigenvalue weighted by Gasteiger charge is -2.34. The lowest BCUT2D eigenvalue weighted by atomic mass is 10.1. The van der Waals surface area contributed by atoms with Crippen molar-refractivity contribution in [2.24, 2.45) is 0 Å². The van der Waals surface area contributed by atoms with Crippen molar-refractivity contribution in [1.29, 1.82) is 0 Å². The van der Waals surface area contributed by atoms with E-state index in [2.05, 4.69) is 13.0 Å². The maximum Gasteiger partial charge on any atom is 0.246 e. The average Bonchev–Trinajstić information content (AvgIpc) is 2.33. The SMILES string of the molecule is CC.CCN1C(=O)CN(C)c2cc(C)ccc21. The van der Waals surface area contributed by atoms with Crippen LogP contribution in [0, 0.1) is 6.92 Å². The number of nitrogens with zero attached hydrogens (tertiary/aromatic N) is 2. The summed E-state index contributed by atoms with van der Waals surface area (Å²) in [6, 6.07) is 6.21. The van der Waals surface area contributed by atoms with Crippen LogP contribution in [0.4, 0.5) is 11.4 Å². The van der Waals surface area contributed by atoms with Crippen molar-refractivity contribution >= 4 is 17.3 Å². The Morgan fingerprint density at radius 3 is 2.47 bits per heavy atom. The summed E-state index contributed by atoms with van der Waals surface area (Å²) in [6.45, 7) is 9.29. The maximum atomic E-state index is 11.8.